The summed E-state index contributed by atoms with van der Waals surface area (Å²) in [5, 5.41) is 2.91. The fraction of sp³-hybridized carbons (Fsp3) is 0.308. The van der Waals surface area contributed by atoms with Gasteiger partial charge in [0.2, 0.25) is 5.28 Å². The molecule has 1 N–H and O–H groups in total. The number of hydrogen-bond donors (Lipinski definition) is 1. The molecular weight excluding hydrogens is 317 g/mol. The van der Waals surface area contributed by atoms with Crippen molar-refractivity contribution >= 4 is 46.3 Å². The summed E-state index contributed by atoms with van der Waals surface area (Å²) in [6, 6.07) is 3.44. The molecule has 1 amide bonds. The molecule has 20 heavy (non-hydrogen) atoms. The van der Waals surface area contributed by atoms with E-state index >= 15 is 0 Å². The minimum atomic E-state index is -0.185. The summed E-state index contributed by atoms with van der Waals surface area (Å²) in [6.07, 6.45) is 4.52. The van der Waals surface area contributed by atoms with Crippen molar-refractivity contribution in [2.75, 3.05) is 5.32 Å². The van der Waals surface area contributed by atoms with E-state index in [9.17, 15) is 4.79 Å². The molecule has 3 rings (SSSR count). The molecule has 7 heteroatoms. The first kappa shape index (κ1) is 13.8. The Labute approximate surface area is 130 Å². The molecule has 1 aliphatic rings. The Morgan fingerprint density at radius 3 is 2.75 bits per heavy atom. The van der Waals surface area contributed by atoms with E-state index in [1.165, 1.54) is 29.3 Å². The van der Waals surface area contributed by atoms with Crippen LogP contribution in [0.15, 0.2) is 12.1 Å². The largest absolute Gasteiger partial charge is 0.306 e. The van der Waals surface area contributed by atoms with Crippen LogP contribution >= 0.6 is 34.5 Å². The number of carbonyl (C=O) groups excluding carboxylic acids is 1. The molecule has 0 fully saturated rings. The summed E-state index contributed by atoms with van der Waals surface area (Å²) in [5.41, 5.74) is 1.30. The molecule has 0 bridgehead atoms. The van der Waals surface area contributed by atoms with Crippen LogP contribution in [0.1, 0.15) is 33.0 Å². The molecule has 2 aromatic rings. The van der Waals surface area contributed by atoms with E-state index in [-0.39, 0.29) is 16.3 Å². The molecule has 0 aliphatic heterocycles. The van der Waals surface area contributed by atoms with Crippen LogP contribution in [0.25, 0.3) is 0 Å². The number of halogens is 2. The van der Waals surface area contributed by atoms with Crippen LogP contribution in [0, 0.1) is 0 Å². The molecule has 104 valence electrons. The number of anilines is 1. The second kappa shape index (κ2) is 5.68. The lowest BCUT2D eigenvalue weighted by Crippen LogP contribution is -2.11. The average molecular weight is 328 g/mol. The second-order valence-corrected chi connectivity index (χ2v) is 6.43. The SMILES string of the molecule is O=C(Nc1cc(Cl)nc(Cl)n1)c1cc2c(s1)CCCC2. The van der Waals surface area contributed by atoms with Crippen LogP contribution in [0.5, 0.6) is 0 Å². The van der Waals surface area contributed by atoms with Crippen molar-refractivity contribution in [3.8, 4) is 0 Å². The van der Waals surface area contributed by atoms with E-state index in [1.807, 2.05) is 6.07 Å². The van der Waals surface area contributed by atoms with E-state index in [0.717, 1.165) is 12.8 Å². The van der Waals surface area contributed by atoms with Gasteiger partial charge in [0.05, 0.1) is 4.88 Å². The first-order valence-corrected chi connectivity index (χ1v) is 7.82. The van der Waals surface area contributed by atoms with Gasteiger partial charge in [-0.3, -0.25) is 4.79 Å². The van der Waals surface area contributed by atoms with Crippen molar-refractivity contribution < 1.29 is 4.79 Å². The van der Waals surface area contributed by atoms with Gasteiger partial charge in [-0.05, 0) is 48.9 Å². The van der Waals surface area contributed by atoms with Crippen molar-refractivity contribution in [1.29, 1.82) is 0 Å². The first-order valence-electron chi connectivity index (χ1n) is 6.25. The lowest BCUT2D eigenvalue weighted by Gasteiger charge is -2.08. The van der Waals surface area contributed by atoms with Gasteiger partial charge >= 0.3 is 0 Å². The van der Waals surface area contributed by atoms with Crippen LogP contribution in [0.4, 0.5) is 5.82 Å². The summed E-state index contributed by atoms with van der Waals surface area (Å²) in [4.78, 5) is 21.9. The quantitative estimate of drug-likeness (QED) is 0.670. The Morgan fingerprint density at radius 1 is 1.20 bits per heavy atom. The van der Waals surface area contributed by atoms with Gasteiger partial charge in [-0.2, -0.15) is 0 Å². The molecule has 2 aromatic heterocycles. The number of thiophene rings is 1. The third-order valence-corrected chi connectivity index (χ3v) is 4.73. The minimum Gasteiger partial charge on any atom is -0.306 e. The summed E-state index contributed by atoms with van der Waals surface area (Å²) in [5.74, 6) is 0.126. The van der Waals surface area contributed by atoms with Gasteiger partial charge in [-0.15, -0.1) is 11.3 Å². The number of nitrogens with one attached hydrogen (secondary N) is 1. The Balaban J connectivity index is 1.80. The summed E-state index contributed by atoms with van der Waals surface area (Å²) >= 11 is 13.0. The van der Waals surface area contributed by atoms with E-state index in [0.29, 0.717) is 10.7 Å². The zero-order valence-electron chi connectivity index (χ0n) is 10.4. The van der Waals surface area contributed by atoms with Crippen molar-refractivity contribution in [3.05, 3.63) is 37.9 Å². The lowest BCUT2D eigenvalue weighted by molar-refractivity contribution is 0.103. The summed E-state index contributed by atoms with van der Waals surface area (Å²) in [7, 11) is 0. The number of nitrogens with zero attached hydrogens (tertiary/aromatic N) is 2. The summed E-state index contributed by atoms with van der Waals surface area (Å²) < 4.78 is 0. The fourth-order valence-corrected chi connectivity index (χ4v) is 3.79. The first-order chi connectivity index (χ1) is 9.61. The number of carbonyl (C=O) groups is 1. The van der Waals surface area contributed by atoms with E-state index in [1.54, 1.807) is 11.3 Å². The van der Waals surface area contributed by atoms with Gasteiger partial charge in [-0.1, -0.05) is 11.6 Å². The third kappa shape index (κ3) is 2.95. The number of aryl methyl sites for hydroxylation is 2. The Hall–Kier alpha value is -1.17. The minimum absolute atomic E-state index is 0.0123. The number of rotatable bonds is 2. The van der Waals surface area contributed by atoms with Crippen LogP contribution in [0.2, 0.25) is 10.4 Å². The molecule has 0 saturated carbocycles. The molecule has 0 saturated heterocycles. The molecule has 0 unspecified atom stereocenters. The van der Waals surface area contributed by atoms with Gasteiger partial charge in [-0.25, -0.2) is 9.97 Å². The lowest BCUT2D eigenvalue weighted by atomic mass is 9.99. The highest BCUT2D eigenvalue weighted by molar-refractivity contribution is 7.14. The molecule has 2 heterocycles. The molecule has 0 atom stereocenters. The molecule has 4 nitrogen and oxygen atoms in total. The van der Waals surface area contributed by atoms with Gasteiger partial charge < -0.3 is 5.32 Å². The van der Waals surface area contributed by atoms with Crippen molar-refractivity contribution in [2.24, 2.45) is 0 Å². The molecule has 1 aliphatic carbocycles. The Bertz CT molecular complexity index is 628. The predicted octanol–water partition coefficient (Wildman–Crippen LogP) is 3.98. The van der Waals surface area contributed by atoms with E-state index in [2.05, 4.69) is 15.3 Å². The van der Waals surface area contributed by atoms with Crippen LogP contribution in [0.3, 0.4) is 0 Å². The third-order valence-electron chi connectivity index (χ3n) is 3.13. The smallest absolute Gasteiger partial charge is 0.266 e. The molecule has 0 aromatic carbocycles. The maximum absolute atomic E-state index is 12.2. The average Bonchev–Trinajstić information content (AvgIpc) is 2.81. The Morgan fingerprint density at radius 2 is 2.00 bits per heavy atom. The fourth-order valence-electron chi connectivity index (χ4n) is 2.23. The topological polar surface area (TPSA) is 54.9 Å². The van der Waals surface area contributed by atoms with Gasteiger partial charge in [0.15, 0.2) is 0 Å². The van der Waals surface area contributed by atoms with Crippen LogP contribution in [-0.2, 0) is 12.8 Å². The Kier molecular flexibility index (Phi) is 3.92. The van der Waals surface area contributed by atoms with Gasteiger partial charge in [0, 0.05) is 10.9 Å². The second-order valence-electron chi connectivity index (χ2n) is 4.57. The highest BCUT2D eigenvalue weighted by Crippen LogP contribution is 2.30. The van der Waals surface area contributed by atoms with Crippen molar-refractivity contribution in [3.63, 3.8) is 0 Å². The number of fused-ring (bicyclic) bond motifs is 1. The van der Waals surface area contributed by atoms with E-state index < -0.39 is 0 Å². The van der Waals surface area contributed by atoms with Crippen molar-refractivity contribution in [2.45, 2.75) is 25.7 Å². The zero-order chi connectivity index (χ0) is 14.1. The monoisotopic (exact) mass is 327 g/mol. The highest BCUT2D eigenvalue weighted by atomic mass is 35.5. The maximum Gasteiger partial charge on any atom is 0.266 e. The van der Waals surface area contributed by atoms with Crippen LogP contribution in [-0.4, -0.2) is 15.9 Å². The normalized spacial score (nSPS) is 13.9. The molecule has 0 spiro atoms. The highest BCUT2D eigenvalue weighted by Gasteiger charge is 2.17. The maximum atomic E-state index is 12.2. The van der Waals surface area contributed by atoms with E-state index in [4.69, 9.17) is 23.2 Å². The van der Waals surface area contributed by atoms with Crippen LogP contribution < -0.4 is 5.32 Å². The zero-order valence-corrected chi connectivity index (χ0v) is 12.8. The summed E-state index contributed by atoms with van der Waals surface area (Å²) in [6.45, 7) is 0. The van der Waals surface area contributed by atoms with Gasteiger partial charge in [0.1, 0.15) is 11.0 Å². The number of hydrogen-bond acceptors (Lipinski definition) is 4. The van der Waals surface area contributed by atoms with Crippen molar-refractivity contribution in [1.82, 2.24) is 9.97 Å². The molecular formula is C13H11Cl2N3OS. The molecule has 0 radical (unpaired) electrons. The van der Waals surface area contributed by atoms with Gasteiger partial charge in [0.25, 0.3) is 5.91 Å². The number of amides is 1. The standard InChI is InChI=1S/C13H11Cl2N3OS/c14-10-6-11(18-13(15)16-10)17-12(19)9-5-7-3-1-2-4-8(7)20-9/h5-6H,1-4H2,(H,16,17,18,19). The predicted molar refractivity (Wildman–Crippen MR) is 81.0 cm³/mol. The number of aromatic nitrogens is 2.